The molecule has 142 valence electrons. The first-order valence-electron chi connectivity index (χ1n) is 7.61. The van der Waals surface area contributed by atoms with Gasteiger partial charge in [-0.2, -0.15) is 0 Å². The molecule has 1 aromatic heterocycles. The van der Waals surface area contributed by atoms with Gasteiger partial charge in [0.25, 0.3) is 10.0 Å². The first kappa shape index (κ1) is 19.6. The van der Waals surface area contributed by atoms with E-state index in [9.17, 15) is 12.8 Å². The number of hydrogen-bond acceptors (Lipinski definition) is 6. The molecule has 0 radical (unpaired) electrons. The molecule has 0 spiro atoms. The summed E-state index contributed by atoms with van der Waals surface area (Å²) < 4.78 is 47.3. The van der Waals surface area contributed by atoms with E-state index < -0.39 is 20.7 Å². The Bertz CT molecular complexity index is 1040. The van der Waals surface area contributed by atoms with Gasteiger partial charge in [-0.3, -0.25) is 0 Å². The van der Waals surface area contributed by atoms with Crippen molar-refractivity contribution in [3.63, 3.8) is 0 Å². The van der Waals surface area contributed by atoms with E-state index in [0.717, 1.165) is 16.4 Å². The molecular weight excluding hydrogens is 457 g/mol. The van der Waals surface area contributed by atoms with E-state index in [1.807, 2.05) is 0 Å². The lowest BCUT2D eigenvalue weighted by molar-refractivity contribution is 0.414. The lowest BCUT2D eigenvalue weighted by Crippen LogP contribution is -2.31. The average Bonchev–Trinajstić information content (AvgIpc) is 3.17. The summed E-state index contributed by atoms with van der Waals surface area (Å²) in [7, 11) is -2.68. The van der Waals surface area contributed by atoms with Crippen LogP contribution < -0.4 is 14.8 Å². The quantitative estimate of drug-likeness (QED) is 0.548. The molecule has 27 heavy (non-hydrogen) atoms. The number of thiazole rings is 1. The van der Waals surface area contributed by atoms with Crippen LogP contribution in [0.4, 0.5) is 15.9 Å². The van der Waals surface area contributed by atoms with Crippen molar-refractivity contribution in [1.82, 2.24) is 4.98 Å². The number of hydrogen-bond donors (Lipinski definition) is 1. The molecule has 0 unspecified atom stereocenters. The van der Waals surface area contributed by atoms with Crippen molar-refractivity contribution in [2.24, 2.45) is 0 Å². The van der Waals surface area contributed by atoms with Gasteiger partial charge in [0.2, 0.25) is 0 Å². The highest BCUT2D eigenvalue weighted by Gasteiger charge is 2.30. The van der Waals surface area contributed by atoms with Gasteiger partial charge in [-0.05, 0) is 45.8 Å². The van der Waals surface area contributed by atoms with Gasteiger partial charge in [-0.15, -0.1) is 11.3 Å². The summed E-state index contributed by atoms with van der Waals surface area (Å²) in [5.74, 6) is -0.0656. The number of nitrogens with zero attached hydrogens (tertiary/aromatic N) is 2. The predicted octanol–water partition coefficient (Wildman–Crippen LogP) is 4.03. The second kappa shape index (κ2) is 7.83. The maximum atomic E-state index is 14.4. The van der Waals surface area contributed by atoms with Crippen molar-refractivity contribution in [2.75, 3.05) is 17.1 Å². The Balaban J connectivity index is 2.06. The Labute approximate surface area is 168 Å². The van der Waals surface area contributed by atoms with Crippen LogP contribution in [0.25, 0.3) is 0 Å². The number of aromatic nitrogens is 1. The van der Waals surface area contributed by atoms with Gasteiger partial charge in [-0.1, -0.05) is 12.1 Å². The van der Waals surface area contributed by atoms with Crippen LogP contribution in [0, 0.1) is 5.82 Å². The van der Waals surface area contributed by atoms with Crippen molar-refractivity contribution in [1.29, 1.82) is 0 Å². The minimum Gasteiger partial charge on any atom is -0.497 e. The second-order valence-corrected chi connectivity index (χ2v) is 8.91. The van der Waals surface area contributed by atoms with Crippen molar-refractivity contribution in [3.05, 3.63) is 63.1 Å². The third kappa shape index (κ3) is 4.07. The molecule has 0 atom stereocenters. The number of nitrogen functional groups attached to an aromatic ring is 1. The summed E-state index contributed by atoms with van der Waals surface area (Å²) in [6, 6.07) is 9.06. The number of anilines is 2. The van der Waals surface area contributed by atoms with Crippen LogP contribution in [-0.4, -0.2) is 20.5 Å². The molecule has 2 N–H and O–H groups in total. The Morgan fingerprint density at radius 3 is 2.59 bits per heavy atom. The minimum atomic E-state index is -4.22. The van der Waals surface area contributed by atoms with Crippen LogP contribution in [0.3, 0.4) is 0 Å². The molecule has 6 nitrogen and oxygen atoms in total. The van der Waals surface area contributed by atoms with E-state index in [0.29, 0.717) is 15.8 Å². The first-order chi connectivity index (χ1) is 12.8. The van der Waals surface area contributed by atoms with Gasteiger partial charge in [0.1, 0.15) is 16.5 Å². The van der Waals surface area contributed by atoms with Crippen molar-refractivity contribution in [3.8, 4) is 5.75 Å². The van der Waals surface area contributed by atoms with Crippen molar-refractivity contribution in [2.45, 2.75) is 11.4 Å². The molecule has 1 heterocycles. The van der Waals surface area contributed by atoms with Gasteiger partial charge in [0.15, 0.2) is 5.82 Å². The summed E-state index contributed by atoms with van der Waals surface area (Å²) in [5, 5.41) is 1.59. The molecule has 0 amide bonds. The number of benzene rings is 2. The molecule has 0 fully saturated rings. The zero-order valence-electron chi connectivity index (χ0n) is 14.1. The van der Waals surface area contributed by atoms with E-state index in [1.54, 1.807) is 36.8 Å². The summed E-state index contributed by atoms with van der Waals surface area (Å²) in [6.45, 7) is -0.0164. The van der Waals surface area contributed by atoms with Crippen LogP contribution in [0.15, 0.2) is 56.7 Å². The van der Waals surface area contributed by atoms with E-state index in [2.05, 4.69) is 20.9 Å². The molecule has 0 aliphatic carbocycles. The monoisotopic (exact) mass is 471 g/mol. The Kier molecular flexibility index (Phi) is 5.68. The molecular formula is C17H15BrFN3O3S2. The Morgan fingerprint density at radius 1 is 1.30 bits per heavy atom. The standard InChI is InChI=1S/C17H15BrFN3O3S2/c1-25-12-4-2-11(3-5-12)8-22(17-9-26-10-21-17)27(23,24)16-6-13(18)15(20)7-14(16)19/h2-7,9-10H,8,20H2,1H3. The number of ether oxygens (including phenoxy) is 1. The average molecular weight is 472 g/mol. The maximum absolute atomic E-state index is 14.4. The van der Waals surface area contributed by atoms with Crippen LogP contribution in [0.2, 0.25) is 0 Å². The molecule has 3 aromatic rings. The highest BCUT2D eigenvalue weighted by Crippen LogP contribution is 2.31. The Morgan fingerprint density at radius 2 is 2.00 bits per heavy atom. The lowest BCUT2D eigenvalue weighted by atomic mass is 10.2. The second-order valence-electron chi connectivity index (χ2n) is 5.51. The fraction of sp³-hybridized carbons (Fsp3) is 0.118. The van der Waals surface area contributed by atoms with E-state index in [-0.39, 0.29) is 18.1 Å². The largest absolute Gasteiger partial charge is 0.497 e. The molecule has 3 rings (SSSR count). The smallest absolute Gasteiger partial charge is 0.268 e. The topological polar surface area (TPSA) is 85.5 Å². The fourth-order valence-corrected chi connectivity index (χ4v) is 4.95. The van der Waals surface area contributed by atoms with Gasteiger partial charge in [0.05, 0.1) is 19.2 Å². The van der Waals surface area contributed by atoms with Gasteiger partial charge in [0, 0.05) is 15.5 Å². The molecule has 0 saturated heterocycles. The molecule has 10 heteroatoms. The van der Waals surface area contributed by atoms with E-state index >= 15 is 0 Å². The molecule has 0 bridgehead atoms. The van der Waals surface area contributed by atoms with Crippen LogP contribution in [0.5, 0.6) is 5.75 Å². The van der Waals surface area contributed by atoms with Crippen LogP contribution in [0.1, 0.15) is 5.56 Å². The number of methoxy groups -OCH3 is 1. The Hall–Kier alpha value is -2.17. The van der Waals surface area contributed by atoms with Gasteiger partial charge < -0.3 is 10.5 Å². The normalized spacial score (nSPS) is 11.4. The number of halogens is 2. The lowest BCUT2D eigenvalue weighted by Gasteiger charge is -2.23. The third-order valence-corrected chi connectivity index (χ3v) is 6.81. The van der Waals surface area contributed by atoms with Crippen molar-refractivity contribution < 1.29 is 17.5 Å². The third-order valence-electron chi connectivity index (χ3n) is 3.78. The predicted molar refractivity (Wildman–Crippen MR) is 107 cm³/mol. The highest BCUT2D eigenvalue weighted by molar-refractivity contribution is 9.10. The van der Waals surface area contributed by atoms with Gasteiger partial charge in [-0.25, -0.2) is 22.1 Å². The zero-order valence-corrected chi connectivity index (χ0v) is 17.3. The van der Waals surface area contributed by atoms with Gasteiger partial charge >= 0.3 is 0 Å². The van der Waals surface area contributed by atoms with Crippen LogP contribution >= 0.6 is 27.3 Å². The summed E-state index contributed by atoms with van der Waals surface area (Å²) in [6.07, 6.45) is 0. The first-order valence-corrected chi connectivity index (χ1v) is 10.8. The fourth-order valence-electron chi connectivity index (χ4n) is 2.38. The number of nitrogens with two attached hydrogens (primary N) is 1. The molecule has 0 aliphatic rings. The summed E-state index contributed by atoms with van der Waals surface area (Å²) in [4.78, 5) is 3.61. The summed E-state index contributed by atoms with van der Waals surface area (Å²) in [5.41, 5.74) is 7.96. The highest BCUT2D eigenvalue weighted by atomic mass is 79.9. The number of rotatable bonds is 6. The van der Waals surface area contributed by atoms with Crippen molar-refractivity contribution >= 4 is 48.8 Å². The zero-order chi connectivity index (χ0) is 19.6. The molecule has 2 aromatic carbocycles. The van der Waals surface area contributed by atoms with E-state index in [4.69, 9.17) is 10.5 Å². The SMILES string of the molecule is COc1ccc(CN(c2cscn2)S(=O)(=O)c2cc(Br)c(N)cc2F)cc1. The summed E-state index contributed by atoms with van der Waals surface area (Å²) >= 11 is 4.40. The molecule has 0 aliphatic heterocycles. The molecule has 0 saturated carbocycles. The minimum absolute atomic E-state index is 0.0164. The van der Waals surface area contributed by atoms with Crippen LogP contribution in [-0.2, 0) is 16.6 Å². The van der Waals surface area contributed by atoms with E-state index in [1.165, 1.54) is 16.8 Å². The number of sulfonamides is 1. The maximum Gasteiger partial charge on any atom is 0.268 e.